The third kappa shape index (κ3) is 2.99. The summed E-state index contributed by atoms with van der Waals surface area (Å²) in [6, 6.07) is 7.65. The van der Waals surface area contributed by atoms with Crippen LogP contribution in [0.25, 0.3) is 0 Å². The molecule has 0 aliphatic carbocycles. The number of aliphatic hydroxyl groups excluding tert-OH is 1. The molecule has 90 valence electrons. The highest BCUT2D eigenvalue weighted by molar-refractivity contribution is 6.30. The molecule has 0 radical (unpaired) electrons. The summed E-state index contributed by atoms with van der Waals surface area (Å²) in [4.78, 5) is 0. The van der Waals surface area contributed by atoms with Crippen LogP contribution in [0.2, 0.25) is 5.02 Å². The quantitative estimate of drug-likeness (QED) is 0.882. The maximum absolute atomic E-state index is 13.4. The summed E-state index contributed by atoms with van der Waals surface area (Å²) >= 11 is 5.63. The molecular formula is C12H11ClFNO2. The van der Waals surface area contributed by atoms with Crippen molar-refractivity contribution in [2.45, 2.75) is 6.10 Å². The summed E-state index contributed by atoms with van der Waals surface area (Å²) in [5.74, 6) is -0.0176. The van der Waals surface area contributed by atoms with Gasteiger partial charge in [-0.3, -0.25) is 0 Å². The van der Waals surface area contributed by atoms with Gasteiger partial charge in [0.05, 0.1) is 12.0 Å². The summed E-state index contributed by atoms with van der Waals surface area (Å²) in [7, 11) is 0. The number of nitrogens with one attached hydrogen (secondary N) is 1. The lowest BCUT2D eigenvalue weighted by atomic mass is 10.2. The highest BCUT2D eigenvalue weighted by Gasteiger charge is 2.11. The van der Waals surface area contributed by atoms with Gasteiger partial charge in [-0.2, -0.15) is 0 Å². The number of rotatable bonds is 4. The van der Waals surface area contributed by atoms with Crippen molar-refractivity contribution in [1.29, 1.82) is 0 Å². The topological polar surface area (TPSA) is 45.4 Å². The Labute approximate surface area is 103 Å². The van der Waals surface area contributed by atoms with Gasteiger partial charge >= 0.3 is 0 Å². The SMILES string of the molecule is OC(CNc1ccc(Cl)cc1F)c1ccco1. The lowest BCUT2D eigenvalue weighted by Gasteiger charge is -2.11. The fourth-order valence-electron chi connectivity index (χ4n) is 1.42. The van der Waals surface area contributed by atoms with Gasteiger partial charge in [0.1, 0.15) is 17.7 Å². The van der Waals surface area contributed by atoms with Crippen molar-refractivity contribution in [3.63, 3.8) is 0 Å². The summed E-state index contributed by atoms with van der Waals surface area (Å²) in [6.07, 6.45) is 0.654. The van der Waals surface area contributed by atoms with E-state index >= 15 is 0 Å². The third-order valence-electron chi connectivity index (χ3n) is 2.29. The van der Waals surface area contributed by atoms with E-state index in [0.717, 1.165) is 0 Å². The van der Waals surface area contributed by atoms with Crippen molar-refractivity contribution in [2.75, 3.05) is 11.9 Å². The molecule has 1 unspecified atom stereocenters. The van der Waals surface area contributed by atoms with Crippen LogP contribution in [-0.2, 0) is 0 Å². The summed E-state index contributed by atoms with van der Waals surface area (Å²) < 4.78 is 18.4. The van der Waals surface area contributed by atoms with Gasteiger partial charge < -0.3 is 14.8 Å². The number of hydrogen-bond donors (Lipinski definition) is 2. The number of furan rings is 1. The molecule has 1 atom stereocenters. The number of anilines is 1. The average molecular weight is 256 g/mol. The van der Waals surface area contributed by atoms with E-state index in [0.29, 0.717) is 16.5 Å². The largest absolute Gasteiger partial charge is 0.467 e. The Hall–Kier alpha value is -1.52. The van der Waals surface area contributed by atoms with Gasteiger partial charge in [-0.1, -0.05) is 11.6 Å². The fourth-order valence-corrected chi connectivity index (χ4v) is 1.58. The number of benzene rings is 1. The minimum absolute atomic E-state index is 0.159. The van der Waals surface area contributed by atoms with E-state index in [4.69, 9.17) is 16.0 Å². The molecule has 1 aromatic heterocycles. The van der Waals surface area contributed by atoms with Crippen LogP contribution in [-0.4, -0.2) is 11.7 Å². The van der Waals surface area contributed by atoms with Crippen LogP contribution in [0.3, 0.4) is 0 Å². The molecule has 5 heteroatoms. The van der Waals surface area contributed by atoms with Gasteiger partial charge in [0, 0.05) is 11.6 Å². The monoisotopic (exact) mass is 255 g/mol. The van der Waals surface area contributed by atoms with Crippen molar-refractivity contribution in [2.24, 2.45) is 0 Å². The Morgan fingerprint density at radius 3 is 2.88 bits per heavy atom. The summed E-state index contributed by atoms with van der Waals surface area (Å²) in [5.41, 5.74) is 0.292. The minimum atomic E-state index is -0.819. The Bertz CT molecular complexity index is 487. The first-order chi connectivity index (χ1) is 8.16. The van der Waals surface area contributed by atoms with E-state index in [1.165, 1.54) is 18.4 Å². The molecule has 1 heterocycles. The fraction of sp³-hybridized carbons (Fsp3) is 0.167. The molecule has 2 rings (SSSR count). The van der Waals surface area contributed by atoms with Crippen LogP contribution < -0.4 is 5.32 Å². The van der Waals surface area contributed by atoms with Crippen LogP contribution in [0.5, 0.6) is 0 Å². The van der Waals surface area contributed by atoms with E-state index in [1.807, 2.05) is 0 Å². The van der Waals surface area contributed by atoms with E-state index in [2.05, 4.69) is 5.32 Å². The highest BCUT2D eigenvalue weighted by Crippen LogP contribution is 2.20. The smallest absolute Gasteiger partial charge is 0.147 e. The zero-order valence-corrected chi connectivity index (χ0v) is 9.62. The molecule has 0 fully saturated rings. The molecule has 0 aliphatic heterocycles. The molecule has 0 saturated carbocycles. The molecule has 2 aromatic rings. The second kappa shape index (κ2) is 5.21. The lowest BCUT2D eigenvalue weighted by Crippen LogP contribution is -2.12. The normalized spacial score (nSPS) is 12.4. The van der Waals surface area contributed by atoms with Gasteiger partial charge in [-0.05, 0) is 30.3 Å². The van der Waals surface area contributed by atoms with E-state index in [1.54, 1.807) is 18.2 Å². The molecule has 2 N–H and O–H groups in total. The number of aliphatic hydroxyl groups is 1. The predicted octanol–water partition coefficient (Wildman–Crippen LogP) is 3.22. The molecule has 0 spiro atoms. The zero-order valence-electron chi connectivity index (χ0n) is 8.86. The Balaban J connectivity index is 1.98. The van der Waals surface area contributed by atoms with Crippen LogP contribution in [0, 0.1) is 5.82 Å². The highest BCUT2D eigenvalue weighted by atomic mass is 35.5. The van der Waals surface area contributed by atoms with Crippen molar-refractivity contribution in [3.8, 4) is 0 Å². The molecule has 0 saturated heterocycles. The maximum Gasteiger partial charge on any atom is 0.147 e. The summed E-state index contributed by atoms with van der Waals surface area (Å²) in [5, 5.41) is 12.8. The standard InChI is InChI=1S/C12H11ClFNO2/c13-8-3-4-10(9(14)6-8)15-7-11(16)12-2-1-5-17-12/h1-6,11,15-16H,7H2. The van der Waals surface area contributed by atoms with Gasteiger partial charge in [0.25, 0.3) is 0 Å². The van der Waals surface area contributed by atoms with Crippen molar-refractivity contribution < 1.29 is 13.9 Å². The predicted molar refractivity (Wildman–Crippen MR) is 63.6 cm³/mol. The molecule has 0 bridgehead atoms. The Morgan fingerprint density at radius 2 is 2.24 bits per heavy atom. The molecule has 1 aromatic carbocycles. The van der Waals surface area contributed by atoms with Crippen LogP contribution in [0.1, 0.15) is 11.9 Å². The van der Waals surface area contributed by atoms with E-state index < -0.39 is 11.9 Å². The summed E-state index contributed by atoms with van der Waals surface area (Å²) in [6.45, 7) is 0.159. The van der Waals surface area contributed by atoms with Crippen LogP contribution >= 0.6 is 11.6 Å². The van der Waals surface area contributed by atoms with Crippen LogP contribution in [0.15, 0.2) is 41.0 Å². The Kier molecular flexibility index (Phi) is 3.66. The molecule has 17 heavy (non-hydrogen) atoms. The second-order valence-electron chi connectivity index (χ2n) is 3.54. The molecule has 0 amide bonds. The number of hydrogen-bond acceptors (Lipinski definition) is 3. The third-order valence-corrected chi connectivity index (χ3v) is 2.52. The van der Waals surface area contributed by atoms with E-state index in [9.17, 15) is 9.50 Å². The minimum Gasteiger partial charge on any atom is -0.467 e. The molecule has 3 nitrogen and oxygen atoms in total. The first-order valence-corrected chi connectivity index (χ1v) is 5.45. The molecular weight excluding hydrogens is 245 g/mol. The van der Waals surface area contributed by atoms with Crippen molar-refractivity contribution in [1.82, 2.24) is 0 Å². The lowest BCUT2D eigenvalue weighted by molar-refractivity contribution is 0.162. The van der Waals surface area contributed by atoms with Crippen molar-refractivity contribution >= 4 is 17.3 Å². The number of halogens is 2. The molecule has 0 aliphatic rings. The zero-order chi connectivity index (χ0) is 12.3. The maximum atomic E-state index is 13.4. The van der Waals surface area contributed by atoms with E-state index in [-0.39, 0.29) is 6.54 Å². The van der Waals surface area contributed by atoms with Crippen molar-refractivity contribution in [3.05, 3.63) is 53.2 Å². The van der Waals surface area contributed by atoms with Gasteiger partial charge in [-0.15, -0.1) is 0 Å². The average Bonchev–Trinajstić information content (AvgIpc) is 2.81. The van der Waals surface area contributed by atoms with Gasteiger partial charge in [0.2, 0.25) is 0 Å². The Morgan fingerprint density at radius 1 is 1.41 bits per heavy atom. The first kappa shape index (κ1) is 12.0. The first-order valence-electron chi connectivity index (χ1n) is 5.07. The second-order valence-corrected chi connectivity index (χ2v) is 3.97. The van der Waals surface area contributed by atoms with Crippen LogP contribution in [0.4, 0.5) is 10.1 Å². The van der Waals surface area contributed by atoms with Gasteiger partial charge in [-0.25, -0.2) is 4.39 Å². The van der Waals surface area contributed by atoms with Gasteiger partial charge in [0.15, 0.2) is 0 Å².